The van der Waals surface area contributed by atoms with E-state index >= 15 is 0 Å². The maximum absolute atomic E-state index is 12.8. The molecule has 2 heterocycles. The highest BCUT2D eigenvalue weighted by atomic mass is 32.2. The fourth-order valence-electron chi connectivity index (χ4n) is 2.13. The predicted molar refractivity (Wildman–Crippen MR) is 84.7 cm³/mol. The molecule has 2 N–H and O–H groups in total. The van der Waals surface area contributed by atoms with Crippen molar-refractivity contribution in [2.75, 3.05) is 0 Å². The Morgan fingerprint density at radius 1 is 1.14 bits per heavy atom. The van der Waals surface area contributed by atoms with Crippen LogP contribution in [0.15, 0.2) is 64.3 Å². The van der Waals surface area contributed by atoms with Crippen molar-refractivity contribution < 1.29 is 8.42 Å². The zero-order chi connectivity index (χ0) is 14.9. The molecule has 3 aromatic rings. The number of nitrogens with two attached hydrogens (primary N) is 1. The molecule has 3 rings (SSSR count). The summed E-state index contributed by atoms with van der Waals surface area (Å²) >= 11 is 1.53. The van der Waals surface area contributed by atoms with Crippen molar-refractivity contribution in [3.05, 3.63) is 65.0 Å². The molecule has 0 radical (unpaired) electrons. The Morgan fingerprint density at radius 2 is 1.90 bits per heavy atom. The number of hydrogen-bond donors (Lipinski definition) is 1. The Bertz CT molecular complexity index is 835. The van der Waals surface area contributed by atoms with Gasteiger partial charge in [0, 0.05) is 23.7 Å². The lowest BCUT2D eigenvalue weighted by Gasteiger charge is -2.09. The second-order valence-corrected chi connectivity index (χ2v) is 7.16. The average Bonchev–Trinajstić information content (AvgIpc) is 3.17. The van der Waals surface area contributed by atoms with Crippen molar-refractivity contribution in [1.82, 2.24) is 3.97 Å². The number of nitrogens with zero attached hydrogens (tertiary/aromatic N) is 1. The topological polar surface area (TPSA) is 65.1 Å². The van der Waals surface area contributed by atoms with E-state index in [-0.39, 0.29) is 4.90 Å². The van der Waals surface area contributed by atoms with Crippen molar-refractivity contribution in [2.24, 2.45) is 5.73 Å². The van der Waals surface area contributed by atoms with E-state index < -0.39 is 10.0 Å². The van der Waals surface area contributed by atoms with E-state index in [0.29, 0.717) is 12.2 Å². The second-order valence-electron chi connectivity index (χ2n) is 4.56. The molecule has 0 aliphatic heterocycles. The molecule has 0 amide bonds. The Morgan fingerprint density at radius 3 is 2.52 bits per heavy atom. The SMILES string of the molecule is NCc1cc(-c2ccsc2)n(S(=O)(=O)c2ccccc2)c1. The molecule has 21 heavy (non-hydrogen) atoms. The van der Waals surface area contributed by atoms with Gasteiger partial charge < -0.3 is 5.73 Å². The Labute approximate surface area is 127 Å². The van der Waals surface area contributed by atoms with Crippen LogP contribution in [0.4, 0.5) is 0 Å². The quantitative estimate of drug-likeness (QED) is 0.804. The minimum atomic E-state index is -3.62. The molecule has 6 heteroatoms. The molecule has 0 aliphatic rings. The third kappa shape index (κ3) is 2.53. The molecule has 0 saturated carbocycles. The first-order chi connectivity index (χ1) is 10.1. The van der Waals surface area contributed by atoms with Gasteiger partial charge in [-0.1, -0.05) is 18.2 Å². The van der Waals surface area contributed by atoms with Gasteiger partial charge in [-0.15, -0.1) is 0 Å². The third-order valence-electron chi connectivity index (χ3n) is 3.20. The minimum absolute atomic E-state index is 0.264. The maximum atomic E-state index is 12.8. The Hall–Kier alpha value is -1.89. The van der Waals surface area contributed by atoms with Gasteiger partial charge in [0.25, 0.3) is 10.0 Å². The number of rotatable bonds is 4. The van der Waals surface area contributed by atoms with Crippen LogP contribution in [0.5, 0.6) is 0 Å². The molecule has 2 aromatic heterocycles. The van der Waals surface area contributed by atoms with E-state index in [2.05, 4.69) is 0 Å². The Kier molecular flexibility index (Phi) is 3.67. The fraction of sp³-hybridized carbons (Fsp3) is 0.0667. The van der Waals surface area contributed by atoms with E-state index in [1.165, 1.54) is 15.3 Å². The molecule has 0 atom stereocenters. The Balaban J connectivity index is 2.21. The molecule has 0 unspecified atom stereocenters. The van der Waals surface area contributed by atoms with E-state index in [1.807, 2.05) is 22.9 Å². The predicted octanol–water partition coefficient (Wildman–Crippen LogP) is 2.91. The first-order valence-electron chi connectivity index (χ1n) is 6.37. The van der Waals surface area contributed by atoms with Crippen molar-refractivity contribution in [1.29, 1.82) is 0 Å². The summed E-state index contributed by atoms with van der Waals surface area (Å²) in [7, 11) is -3.62. The van der Waals surface area contributed by atoms with Crippen molar-refractivity contribution >= 4 is 21.4 Å². The van der Waals surface area contributed by atoms with Crippen LogP contribution in [0.3, 0.4) is 0 Å². The van der Waals surface area contributed by atoms with Crippen LogP contribution in [0.2, 0.25) is 0 Å². The maximum Gasteiger partial charge on any atom is 0.268 e. The van der Waals surface area contributed by atoms with Crippen LogP contribution in [-0.2, 0) is 16.6 Å². The smallest absolute Gasteiger partial charge is 0.268 e. The van der Waals surface area contributed by atoms with Crippen molar-refractivity contribution in [3.8, 4) is 11.3 Å². The van der Waals surface area contributed by atoms with Gasteiger partial charge in [-0.25, -0.2) is 12.4 Å². The first kappa shape index (κ1) is 14.1. The number of thiophene rings is 1. The van der Waals surface area contributed by atoms with Gasteiger partial charge in [0.1, 0.15) is 0 Å². The second kappa shape index (κ2) is 5.48. The molecule has 0 bridgehead atoms. The lowest BCUT2D eigenvalue weighted by Crippen LogP contribution is -2.13. The zero-order valence-corrected chi connectivity index (χ0v) is 12.8. The summed E-state index contributed by atoms with van der Waals surface area (Å²) in [4.78, 5) is 0.264. The molecule has 108 valence electrons. The number of benzene rings is 1. The lowest BCUT2D eigenvalue weighted by molar-refractivity contribution is 0.588. The summed E-state index contributed by atoms with van der Waals surface area (Å²) in [6.07, 6.45) is 1.59. The van der Waals surface area contributed by atoms with Crippen LogP contribution in [0.1, 0.15) is 5.56 Å². The van der Waals surface area contributed by atoms with Crippen molar-refractivity contribution in [2.45, 2.75) is 11.4 Å². The summed E-state index contributed by atoms with van der Waals surface area (Å²) in [5.74, 6) is 0. The molecular formula is C15H14N2O2S2. The summed E-state index contributed by atoms with van der Waals surface area (Å²) < 4.78 is 26.9. The van der Waals surface area contributed by atoms with Crippen LogP contribution < -0.4 is 5.73 Å². The fourth-order valence-corrected chi connectivity index (χ4v) is 4.20. The average molecular weight is 318 g/mol. The number of aromatic nitrogens is 1. The summed E-state index contributed by atoms with van der Waals surface area (Å²) in [6.45, 7) is 0.300. The van der Waals surface area contributed by atoms with Gasteiger partial charge in [-0.05, 0) is 35.2 Å². The van der Waals surface area contributed by atoms with E-state index in [4.69, 9.17) is 5.73 Å². The van der Waals surface area contributed by atoms with Gasteiger partial charge in [-0.3, -0.25) is 0 Å². The molecule has 0 spiro atoms. The van der Waals surface area contributed by atoms with E-state index in [0.717, 1.165) is 11.1 Å². The highest BCUT2D eigenvalue weighted by molar-refractivity contribution is 7.90. The van der Waals surface area contributed by atoms with Crippen LogP contribution in [0, 0.1) is 0 Å². The zero-order valence-electron chi connectivity index (χ0n) is 11.1. The lowest BCUT2D eigenvalue weighted by atomic mass is 10.2. The van der Waals surface area contributed by atoms with Crippen LogP contribution in [-0.4, -0.2) is 12.4 Å². The largest absolute Gasteiger partial charge is 0.326 e. The number of hydrogen-bond acceptors (Lipinski definition) is 4. The summed E-state index contributed by atoms with van der Waals surface area (Å²) in [5.41, 5.74) is 7.96. The molecule has 1 aromatic carbocycles. The van der Waals surface area contributed by atoms with Gasteiger partial charge >= 0.3 is 0 Å². The van der Waals surface area contributed by atoms with Gasteiger partial charge in [0.05, 0.1) is 10.6 Å². The van der Waals surface area contributed by atoms with E-state index in [9.17, 15) is 8.42 Å². The van der Waals surface area contributed by atoms with Gasteiger partial charge in [0.2, 0.25) is 0 Å². The standard InChI is InChI=1S/C15H14N2O2S2/c16-9-12-8-15(13-6-7-20-11-13)17(10-12)21(18,19)14-4-2-1-3-5-14/h1-8,10-11H,9,16H2. The van der Waals surface area contributed by atoms with Gasteiger partial charge in [-0.2, -0.15) is 11.3 Å². The highest BCUT2D eigenvalue weighted by Gasteiger charge is 2.21. The molecule has 0 fully saturated rings. The minimum Gasteiger partial charge on any atom is -0.326 e. The van der Waals surface area contributed by atoms with Crippen LogP contribution >= 0.6 is 11.3 Å². The van der Waals surface area contributed by atoms with Crippen molar-refractivity contribution in [3.63, 3.8) is 0 Å². The van der Waals surface area contributed by atoms with Gasteiger partial charge in [0.15, 0.2) is 0 Å². The van der Waals surface area contributed by atoms with Crippen LogP contribution in [0.25, 0.3) is 11.3 Å². The molecular weight excluding hydrogens is 304 g/mol. The molecule has 0 saturated heterocycles. The summed E-state index contributed by atoms with van der Waals surface area (Å²) in [5, 5.41) is 3.84. The third-order valence-corrected chi connectivity index (χ3v) is 5.57. The monoisotopic (exact) mass is 318 g/mol. The van der Waals surface area contributed by atoms with E-state index in [1.54, 1.807) is 36.5 Å². The molecule has 0 aliphatic carbocycles. The highest BCUT2D eigenvalue weighted by Crippen LogP contribution is 2.28. The summed E-state index contributed by atoms with van der Waals surface area (Å²) in [6, 6.07) is 12.1. The normalized spacial score (nSPS) is 11.7. The first-order valence-corrected chi connectivity index (χ1v) is 8.76. The molecule has 4 nitrogen and oxygen atoms in total.